The van der Waals surface area contributed by atoms with Crippen LogP contribution < -0.4 is 4.90 Å². The van der Waals surface area contributed by atoms with Crippen molar-refractivity contribution in [2.24, 2.45) is 5.41 Å². The zero-order valence-corrected chi connectivity index (χ0v) is 17.2. The number of aliphatic hydroxyl groups excluding tert-OH is 1. The molecular formula is C19H25BrClN3O2. The molecule has 0 unspecified atom stereocenters. The lowest BCUT2D eigenvalue weighted by molar-refractivity contribution is -0.139. The third-order valence-corrected chi connectivity index (χ3v) is 7.08. The quantitative estimate of drug-likeness (QED) is 0.711. The second-order valence-electron chi connectivity index (χ2n) is 7.98. The second-order valence-corrected chi connectivity index (χ2v) is 9.25. The second kappa shape index (κ2) is 7.28. The number of aromatic nitrogens is 1. The largest absolute Gasteiger partial charge is 0.393 e. The molecule has 3 fully saturated rings. The van der Waals surface area contributed by atoms with Crippen LogP contribution in [0.1, 0.15) is 44.9 Å². The number of rotatable bonds is 2. The fraction of sp³-hybridized carbons (Fsp3) is 0.684. The van der Waals surface area contributed by atoms with Gasteiger partial charge in [0.15, 0.2) is 5.15 Å². The molecule has 1 aromatic rings. The molecule has 1 N–H and O–H groups in total. The Balaban J connectivity index is 1.51. The first-order chi connectivity index (χ1) is 12.5. The van der Waals surface area contributed by atoms with E-state index in [1.807, 2.05) is 6.07 Å². The Labute approximate surface area is 167 Å². The molecule has 1 aromatic heterocycles. The van der Waals surface area contributed by atoms with Crippen LogP contribution >= 0.6 is 27.5 Å². The van der Waals surface area contributed by atoms with Gasteiger partial charge in [-0.05, 0) is 66.9 Å². The third kappa shape index (κ3) is 3.36. The highest BCUT2D eigenvalue weighted by Crippen LogP contribution is 2.44. The van der Waals surface area contributed by atoms with Gasteiger partial charge in [0.05, 0.1) is 17.2 Å². The van der Waals surface area contributed by atoms with Crippen LogP contribution in [0.4, 0.5) is 5.69 Å². The number of nitrogens with zero attached hydrogens (tertiary/aromatic N) is 3. The van der Waals surface area contributed by atoms with Gasteiger partial charge < -0.3 is 14.9 Å². The summed E-state index contributed by atoms with van der Waals surface area (Å²) >= 11 is 9.81. The van der Waals surface area contributed by atoms with E-state index in [9.17, 15) is 9.90 Å². The lowest BCUT2D eigenvalue weighted by Crippen LogP contribution is -2.50. The molecule has 1 atom stereocenters. The molecule has 2 aliphatic heterocycles. The molecule has 4 rings (SSSR count). The van der Waals surface area contributed by atoms with Gasteiger partial charge in [0.1, 0.15) is 0 Å². The van der Waals surface area contributed by atoms with Gasteiger partial charge in [-0.1, -0.05) is 11.6 Å². The molecule has 3 aliphatic rings. The zero-order valence-electron chi connectivity index (χ0n) is 14.8. The summed E-state index contributed by atoms with van der Waals surface area (Å²) in [5.74, 6) is 0.308. The molecule has 5 nitrogen and oxygen atoms in total. The van der Waals surface area contributed by atoms with Crippen molar-refractivity contribution in [1.82, 2.24) is 9.88 Å². The van der Waals surface area contributed by atoms with Crippen LogP contribution in [0.2, 0.25) is 5.15 Å². The van der Waals surface area contributed by atoms with Gasteiger partial charge in [-0.25, -0.2) is 4.98 Å². The van der Waals surface area contributed by atoms with Crippen molar-refractivity contribution in [3.63, 3.8) is 0 Å². The van der Waals surface area contributed by atoms with E-state index in [0.29, 0.717) is 17.1 Å². The summed E-state index contributed by atoms with van der Waals surface area (Å²) in [6, 6.07) is 2.30. The Morgan fingerprint density at radius 1 is 1.23 bits per heavy atom. The summed E-state index contributed by atoms with van der Waals surface area (Å²) < 4.78 is 0.900. The van der Waals surface area contributed by atoms with Crippen molar-refractivity contribution in [1.29, 1.82) is 0 Å². The average molecular weight is 443 g/mol. The van der Waals surface area contributed by atoms with Crippen LogP contribution in [-0.4, -0.2) is 52.7 Å². The fourth-order valence-electron chi connectivity index (χ4n) is 4.92. The minimum Gasteiger partial charge on any atom is -0.393 e. The summed E-state index contributed by atoms with van der Waals surface area (Å²) in [4.78, 5) is 22.0. The van der Waals surface area contributed by atoms with Gasteiger partial charge >= 0.3 is 0 Å². The van der Waals surface area contributed by atoms with Crippen LogP contribution in [0.5, 0.6) is 0 Å². The van der Waals surface area contributed by atoms with Gasteiger partial charge in [-0.3, -0.25) is 4.79 Å². The monoisotopic (exact) mass is 441 g/mol. The highest BCUT2D eigenvalue weighted by atomic mass is 79.9. The van der Waals surface area contributed by atoms with Crippen molar-refractivity contribution in [2.75, 3.05) is 24.5 Å². The normalized spacial score (nSPS) is 32.5. The lowest BCUT2D eigenvalue weighted by atomic mass is 9.78. The van der Waals surface area contributed by atoms with E-state index in [1.165, 1.54) is 0 Å². The third-order valence-electron chi connectivity index (χ3n) is 6.36. The van der Waals surface area contributed by atoms with Crippen molar-refractivity contribution in [3.8, 4) is 0 Å². The number of hydrogen-bond acceptors (Lipinski definition) is 4. The number of piperidine rings is 1. The molecule has 1 aliphatic carbocycles. The summed E-state index contributed by atoms with van der Waals surface area (Å²) in [6.45, 7) is 2.47. The van der Waals surface area contributed by atoms with E-state index in [0.717, 1.165) is 74.7 Å². The molecule has 142 valence electrons. The Morgan fingerprint density at radius 3 is 2.77 bits per heavy atom. The van der Waals surface area contributed by atoms with Crippen LogP contribution in [-0.2, 0) is 4.79 Å². The van der Waals surface area contributed by atoms with Gasteiger partial charge in [-0.15, -0.1) is 0 Å². The molecule has 0 aromatic carbocycles. The number of carbonyl (C=O) groups excluding carboxylic acids is 1. The first-order valence-electron chi connectivity index (χ1n) is 9.54. The molecule has 7 heteroatoms. The van der Waals surface area contributed by atoms with Crippen molar-refractivity contribution in [3.05, 3.63) is 21.9 Å². The Bertz CT molecular complexity index is 695. The van der Waals surface area contributed by atoms with Gasteiger partial charge in [0.25, 0.3) is 0 Å². The fourth-order valence-corrected chi connectivity index (χ4v) is 5.46. The van der Waals surface area contributed by atoms with Gasteiger partial charge in [0.2, 0.25) is 5.91 Å². The molecule has 1 saturated carbocycles. The van der Waals surface area contributed by atoms with Crippen LogP contribution in [0.25, 0.3) is 0 Å². The maximum atomic E-state index is 13.4. The number of carbonyl (C=O) groups is 1. The smallest absolute Gasteiger partial charge is 0.230 e. The van der Waals surface area contributed by atoms with E-state index >= 15 is 0 Å². The van der Waals surface area contributed by atoms with Crippen LogP contribution in [0.3, 0.4) is 0 Å². The number of hydrogen-bond donors (Lipinski definition) is 1. The predicted molar refractivity (Wildman–Crippen MR) is 105 cm³/mol. The number of pyridine rings is 1. The Morgan fingerprint density at radius 2 is 2.00 bits per heavy atom. The molecule has 1 amide bonds. The number of likely N-dealkylation sites (tertiary alicyclic amines) is 1. The maximum Gasteiger partial charge on any atom is 0.230 e. The summed E-state index contributed by atoms with van der Waals surface area (Å²) in [5.41, 5.74) is 0.618. The zero-order chi connectivity index (χ0) is 18.3. The van der Waals surface area contributed by atoms with Gasteiger partial charge in [0, 0.05) is 36.3 Å². The van der Waals surface area contributed by atoms with E-state index < -0.39 is 0 Å². The minimum atomic E-state index is -0.292. The summed E-state index contributed by atoms with van der Waals surface area (Å²) in [5, 5.41) is 10.2. The molecule has 0 radical (unpaired) electrons. The average Bonchev–Trinajstić information content (AvgIpc) is 2.94. The maximum absolute atomic E-state index is 13.4. The Kier molecular flexibility index (Phi) is 5.19. The highest BCUT2D eigenvalue weighted by Gasteiger charge is 2.50. The first kappa shape index (κ1) is 18.5. The van der Waals surface area contributed by atoms with Crippen LogP contribution in [0, 0.1) is 5.41 Å². The predicted octanol–water partition coefficient (Wildman–Crippen LogP) is 3.62. The lowest BCUT2D eigenvalue weighted by Gasteiger charge is -2.41. The molecule has 26 heavy (non-hydrogen) atoms. The number of aliphatic hydroxyl groups is 1. The minimum absolute atomic E-state index is 0.186. The van der Waals surface area contributed by atoms with E-state index in [1.54, 1.807) is 6.20 Å². The number of halogens is 2. The molecular weight excluding hydrogens is 418 g/mol. The van der Waals surface area contributed by atoms with Crippen molar-refractivity contribution >= 4 is 39.1 Å². The van der Waals surface area contributed by atoms with E-state index in [4.69, 9.17) is 11.6 Å². The first-order valence-corrected chi connectivity index (χ1v) is 10.7. The molecule has 1 spiro atoms. The number of anilines is 1. The topological polar surface area (TPSA) is 56.7 Å². The van der Waals surface area contributed by atoms with Gasteiger partial charge in [-0.2, -0.15) is 0 Å². The number of amides is 1. The highest BCUT2D eigenvalue weighted by molar-refractivity contribution is 9.10. The standard InChI is InChI=1S/C19H25BrClN3O2/c20-13-10-16(17(21)22-11-13)23-8-1-6-19(12-23)7-9-24(18(19)26)14-2-4-15(25)5-3-14/h10-11,14-15,25H,1-9,12H2/t14?,15?,19-/m0/s1. The summed E-state index contributed by atoms with van der Waals surface area (Å²) in [7, 11) is 0. The van der Waals surface area contributed by atoms with Crippen molar-refractivity contribution < 1.29 is 9.90 Å². The molecule has 3 heterocycles. The molecule has 2 saturated heterocycles. The van der Waals surface area contributed by atoms with Crippen LogP contribution in [0.15, 0.2) is 16.7 Å². The SMILES string of the molecule is O=C1N(C2CCC(O)CC2)CC[C@]12CCCN(c1cc(Br)cnc1Cl)C2. The van der Waals surface area contributed by atoms with E-state index in [2.05, 4.69) is 30.7 Å². The van der Waals surface area contributed by atoms with Crippen molar-refractivity contribution in [2.45, 2.75) is 57.1 Å². The summed E-state index contributed by atoms with van der Waals surface area (Å²) in [6.07, 6.45) is 7.85. The Hall–Kier alpha value is -0.850. The molecule has 0 bridgehead atoms. The van der Waals surface area contributed by atoms with E-state index in [-0.39, 0.29) is 11.5 Å².